The van der Waals surface area contributed by atoms with Crippen LogP contribution in [0.15, 0.2) is 28.9 Å². The Kier molecular flexibility index (Phi) is 3.57. The van der Waals surface area contributed by atoms with Crippen LogP contribution in [0.2, 0.25) is 0 Å². The van der Waals surface area contributed by atoms with Gasteiger partial charge in [0, 0.05) is 22.4 Å². The van der Waals surface area contributed by atoms with Gasteiger partial charge in [0.05, 0.1) is 0 Å². The van der Waals surface area contributed by atoms with E-state index in [0.29, 0.717) is 5.88 Å². The predicted octanol–water partition coefficient (Wildman–Crippen LogP) is 4.14. The number of aryl methyl sites for hydroxylation is 3. The molecule has 0 amide bonds. The van der Waals surface area contributed by atoms with Gasteiger partial charge in [-0.3, -0.25) is 0 Å². The van der Waals surface area contributed by atoms with Crippen molar-refractivity contribution in [1.82, 2.24) is 4.98 Å². The van der Waals surface area contributed by atoms with Crippen molar-refractivity contribution in [2.24, 2.45) is 0 Å². The van der Waals surface area contributed by atoms with Gasteiger partial charge < -0.3 is 10.5 Å². The van der Waals surface area contributed by atoms with Crippen LogP contribution >= 0.6 is 15.9 Å². The van der Waals surface area contributed by atoms with E-state index in [9.17, 15) is 0 Å². The summed E-state index contributed by atoms with van der Waals surface area (Å²) in [5, 5.41) is 0. The van der Waals surface area contributed by atoms with Crippen LogP contribution in [0, 0.1) is 20.8 Å². The van der Waals surface area contributed by atoms with E-state index in [4.69, 9.17) is 10.5 Å². The van der Waals surface area contributed by atoms with Gasteiger partial charge in [-0.1, -0.05) is 0 Å². The lowest BCUT2D eigenvalue weighted by Crippen LogP contribution is -1.95. The fraction of sp³-hybridized carbons (Fsp3) is 0.214. The summed E-state index contributed by atoms with van der Waals surface area (Å²) in [5.41, 5.74) is 9.72. The Morgan fingerprint density at radius 3 is 2.44 bits per heavy atom. The van der Waals surface area contributed by atoms with Gasteiger partial charge >= 0.3 is 0 Å². The number of aromatic nitrogens is 1. The maximum absolute atomic E-state index is 5.85. The molecule has 0 aliphatic carbocycles. The average Bonchev–Trinajstić information content (AvgIpc) is 2.31. The molecule has 0 saturated heterocycles. The number of nitrogens with two attached hydrogens (primary N) is 1. The van der Waals surface area contributed by atoms with Gasteiger partial charge in [-0.15, -0.1) is 0 Å². The van der Waals surface area contributed by atoms with Crippen molar-refractivity contribution in [3.05, 3.63) is 45.6 Å². The summed E-state index contributed by atoms with van der Waals surface area (Å²) in [4.78, 5) is 4.23. The topological polar surface area (TPSA) is 48.1 Å². The highest BCUT2D eigenvalue weighted by molar-refractivity contribution is 9.10. The Bertz CT molecular complexity index is 597. The van der Waals surface area contributed by atoms with Crippen molar-refractivity contribution < 1.29 is 4.74 Å². The highest BCUT2D eigenvalue weighted by atomic mass is 79.9. The van der Waals surface area contributed by atoms with Gasteiger partial charge in [0.2, 0.25) is 5.88 Å². The van der Waals surface area contributed by atoms with Crippen molar-refractivity contribution in [2.75, 3.05) is 5.73 Å². The molecule has 0 radical (unpaired) electrons. The predicted molar refractivity (Wildman–Crippen MR) is 77.1 cm³/mol. The van der Waals surface area contributed by atoms with Crippen LogP contribution < -0.4 is 10.5 Å². The third-order valence-electron chi connectivity index (χ3n) is 2.80. The zero-order valence-electron chi connectivity index (χ0n) is 10.6. The number of rotatable bonds is 2. The summed E-state index contributed by atoms with van der Waals surface area (Å²) in [6, 6.07) is 5.75. The number of benzene rings is 1. The first-order valence-corrected chi connectivity index (χ1v) is 6.43. The van der Waals surface area contributed by atoms with Gasteiger partial charge in [0.15, 0.2) is 0 Å². The van der Waals surface area contributed by atoms with Crippen LogP contribution in [0.25, 0.3) is 0 Å². The van der Waals surface area contributed by atoms with E-state index < -0.39 is 0 Å². The maximum atomic E-state index is 5.85. The molecule has 3 nitrogen and oxygen atoms in total. The molecule has 18 heavy (non-hydrogen) atoms. The summed E-state index contributed by atoms with van der Waals surface area (Å²) < 4.78 is 6.77. The van der Waals surface area contributed by atoms with E-state index in [2.05, 4.69) is 20.9 Å². The molecule has 1 aromatic heterocycles. The van der Waals surface area contributed by atoms with Crippen molar-refractivity contribution in [1.29, 1.82) is 0 Å². The quantitative estimate of drug-likeness (QED) is 0.848. The van der Waals surface area contributed by atoms with Gasteiger partial charge in [-0.05, 0) is 65.5 Å². The van der Waals surface area contributed by atoms with Gasteiger partial charge in [0.1, 0.15) is 5.75 Å². The number of hydrogen-bond acceptors (Lipinski definition) is 3. The summed E-state index contributed by atoms with van der Waals surface area (Å²) in [6.45, 7) is 5.93. The average molecular weight is 307 g/mol. The van der Waals surface area contributed by atoms with Gasteiger partial charge in [-0.25, -0.2) is 4.98 Å². The number of nitrogens with zero attached hydrogens (tertiary/aromatic N) is 1. The van der Waals surface area contributed by atoms with E-state index in [-0.39, 0.29) is 0 Å². The maximum Gasteiger partial charge on any atom is 0.219 e. The van der Waals surface area contributed by atoms with Crippen LogP contribution in [0.4, 0.5) is 5.69 Å². The molecule has 4 heteroatoms. The molecular weight excluding hydrogens is 292 g/mol. The third kappa shape index (κ3) is 2.64. The molecule has 0 fully saturated rings. The number of hydrogen-bond donors (Lipinski definition) is 1. The highest BCUT2D eigenvalue weighted by Crippen LogP contribution is 2.29. The fourth-order valence-electron chi connectivity index (χ4n) is 1.60. The molecule has 0 aliphatic rings. The van der Waals surface area contributed by atoms with Crippen LogP contribution in [-0.2, 0) is 0 Å². The van der Waals surface area contributed by atoms with Gasteiger partial charge in [0.25, 0.3) is 0 Å². The number of nitrogen functional groups attached to an aromatic ring is 1. The molecule has 0 bridgehead atoms. The molecule has 1 aromatic carbocycles. The smallest absolute Gasteiger partial charge is 0.219 e. The molecule has 2 aromatic rings. The second kappa shape index (κ2) is 4.98. The molecule has 0 saturated carbocycles. The lowest BCUT2D eigenvalue weighted by molar-refractivity contribution is 0.458. The first kappa shape index (κ1) is 12.9. The molecule has 0 unspecified atom stereocenters. The SMILES string of the molecule is Cc1cc(Oc2cc(C)c(Br)cn2)c(C)cc1N. The molecule has 0 spiro atoms. The Labute approximate surface area is 115 Å². The minimum absolute atomic E-state index is 0.586. The van der Waals surface area contributed by atoms with E-state index in [1.54, 1.807) is 6.20 Å². The summed E-state index contributed by atoms with van der Waals surface area (Å²) in [7, 11) is 0. The third-order valence-corrected chi connectivity index (χ3v) is 3.63. The van der Waals surface area contributed by atoms with Crippen LogP contribution in [0.3, 0.4) is 0 Å². The second-order valence-electron chi connectivity index (χ2n) is 4.35. The molecule has 0 aliphatic heterocycles. The standard InChI is InChI=1S/C14H15BrN2O/c1-8-6-14(17-7-11(8)15)18-13-5-9(2)12(16)4-10(13)3/h4-7H,16H2,1-3H3. The Morgan fingerprint density at radius 2 is 1.78 bits per heavy atom. The molecule has 94 valence electrons. The van der Waals surface area contributed by atoms with Crippen LogP contribution in [-0.4, -0.2) is 4.98 Å². The molecule has 2 N–H and O–H groups in total. The summed E-state index contributed by atoms with van der Waals surface area (Å²) in [6.07, 6.45) is 1.74. The van der Waals surface area contributed by atoms with Crippen molar-refractivity contribution in [3.63, 3.8) is 0 Å². The Morgan fingerprint density at radius 1 is 1.06 bits per heavy atom. The zero-order chi connectivity index (χ0) is 13.3. The van der Waals surface area contributed by atoms with Gasteiger partial charge in [-0.2, -0.15) is 0 Å². The van der Waals surface area contributed by atoms with E-state index in [1.165, 1.54) is 0 Å². The lowest BCUT2D eigenvalue weighted by Gasteiger charge is -2.11. The summed E-state index contributed by atoms with van der Waals surface area (Å²) in [5.74, 6) is 1.37. The molecule has 1 heterocycles. The number of ether oxygens (including phenoxy) is 1. The molecular formula is C14H15BrN2O. The Balaban J connectivity index is 2.34. The number of pyridine rings is 1. The van der Waals surface area contributed by atoms with Crippen molar-refractivity contribution in [2.45, 2.75) is 20.8 Å². The first-order valence-electron chi connectivity index (χ1n) is 5.64. The first-order chi connectivity index (χ1) is 8.47. The second-order valence-corrected chi connectivity index (χ2v) is 5.20. The Hall–Kier alpha value is -1.55. The molecule has 0 atom stereocenters. The zero-order valence-corrected chi connectivity index (χ0v) is 12.2. The van der Waals surface area contributed by atoms with E-state index >= 15 is 0 Å². The van der Waals surface area contributed by atoms with E-state index in [1.807, 2.05) is 39.0 Å². The normalized spacial score (nSPS) is 10.4. The number of anilines is 1. The van der Waals surface area contributed by atoms with E-state index in [0.717, 1.165) is 32.6 Å². The lowest BCUT2D eigenvalue weighted by atomic mass is 10.1. The fourth-order valence-corrected chi connectivity index (χ4v) is 1.82. The molecule has 2 rings (SSSR count). The largest absolute Gasteiger partial charge is 0.439 e. The van der Waals surface area contributed by atoms with Crippen LogP contribution in [0.1, 0.15) is 16.7 Å². The number of halogens is 1. The summed E-state index contributed by atoms with van der Waals surface area (Å²) >= 11 is 3.42. The van der Waals surface area contributed by atoms with Crippen molar-refractivity contribution in [3.8, 4) is 11.6 Å². The highest BCUT2D eigenvalue weighted by Gasteiger charge is 2.06. The van der Waals surface area contributed by atoms with Crippen molar-refractivity contribution >= 4 is 21.6 Å². The minimum Gasteiger partial charge on any atom is -0.439 e. The van der Waals surface area contributed by atoms with Crippen LogP contribution in [0.5, 0.6) is 11.6 Å². The monoisotopic (exact) mass is 306 g/mol. The minimum atomic E-state index is 0.586.